The minimum Gasteiger partial charge on any atom is -0.381 e. The first-order valence-electron chi connectivity index (χ1n) is 4.28. The number of nitrogens with zero attached hydrogens (tertiary/aromatic N) is 1. The van der Waals surface area contributed by atoms with Crippen molar-refractivity contribution in [2.45, 2.75) is 25.8 Å². The molecule has 1 unspecified atom stereocenters. The predicted octanol–water partition coefficient (Wildman–Crippen LogP) is -0.552. The minimum atomic E-state index is -4.54. The zero-order chi connectivity index (χ0) is 11.4. The van der Waals surface area contributed by atoms with Crippen LogP contribution in [0.5, 0.6) is 0 Å². The fraction of sp³-hybridized carbons (Fsp3) is 1.00. The van der Waals surface area contributed by atoms with Crippen molar-refractivity contribution in [2.24, 2.45) is 5.92 Å². The van der Waals surface area contributed by atoms with Crippen molar-refractivity contribution >= 4 is 10.1 Å². The quantitative estimate of drug-likeness (QED) is 0.416. The molecule has 1 atom stereocenters. The zero-order valence-corrected chi connectivity index (χ0v) is 9.11. The lowest BCUT2D eigenvalue weighted by molar-refractivity contribution is -0.00503. The molecule has 0 aromatic heterocycles. The molecule has 0 saturated heterocycles. The van der Waals surface area contributed by atoms with Crippen LogP contribution in [0.4, 0.5) is 0 Å². The van der Waals surface area contributed by atoms with Crippen molar-refractivity contribution in [2.75, 3.05) is 13.3 Å². The maximum atomic E-state index is 10.5. The Bertz CT molecular complexity index is 251. The molecule has 0 bridgehead atoms. The second-order valence-corrected chi connectivity index (χ2v) is 4.93. The molecule has 3 N–H and O–H groups in total. The topological polar surface area (TPSA) is 98.1 Å². The number of aliphatic hydroxyl groups is 2. The summed E-state index contributed by atoms with van der Waals surface area (Å²) in [5.74, 6) is 0.317. The van der Waals surface area contributed by atoms with Gasteiger partial charge < -0.3 is 10.2 Å². The normalized spacial score (nSPS) is 15.1. The molecule has 6 nitrogen and oxygen atoms in total. The summed E-state index contributed by atoms with van der Waals surface area (Å²) in [6.07, 6.45) is 0.618. The van der Waals surface area contributed by atoms with Crippen molar-refractivity contribution in [1.82, 2.24) is 4.90 Å². The standard InChI is InChI=1S/C7H17NO5S/c1-6(2)3-4-8(5-9)7(10)14(11,12)13/h6-7,9-10H,3-5H2,1-2H3,(H,11,12,13). The molecular weight excluding hydrogens is 210 g/mol. The maximum absolute atomic E-state index is 10.5. The summed E-state index contributed by atoms with van der Waals surface area (Å²) in [6, 6.07) is 0. The summed E-state index contributed by atoms with van der Waals surface area (Å²) in [6.45, 7) is 3.44. The zero-order valence-electron chi connectivity index (χ0n) is 8.29. The molecule has 0 saturated carbocycles. The van der Waals surface area contributed by atoms with E-state index < -0.39 is 22.4 Å². The van der Waals surface area contributed by atoms with Crippen LogP contribution < -0.4 is 0 Å². The van der Waals surface area contributed by atoms with Crippen molar-refractivity contribution in [3.05, 3.63) is 0 Å². The Morgan fingerprint density at radius 2 is 1.86 bits per heavy atom. The average Bonchev–Trinajstić information content (AvgIpc) is 2.03. The SMILES string of the molecule is CC(C)CCN(CO)C(O)S(=O)(=O)O. The summed E-state index contributed by atoms with van der Waals surface area (Å²) < 4.78 is 29.6. The van der Waals surface area contributed by atoms with Crippen LogP contribution in [0, 0.1) is 5.92 Å². The third-order valence-corrected chi connectivity index (χ3v) is 2.59. The van der Waals surface area contributed by atoms with Crippen LogP contribution in [0.15, 0.2) is 0 Å². The second kappa shape index (κ2) is 5.62. The van der Waals surface area contributed by atoms with E-state index >= 15 is 0 Å². The molecule has 86 valence electrons. The van der Waals surface area contributed by atoms with Gasteiger partial charge in [0.05, 0.1) is 6.73 Å². The van der Waals surface area contributed by atoms with Gasteiger partial charge in [0.15, 0.2) is 0 Å². The Kier molecular flexibility index (Phi) is 5.53. The molecule has 0 aliphatic carbocycles. The molecule has 0 spiro atoms. The fourth-order valence-corrected chi connectivity index (χ4v) is 1.41. The molecule has 0 aromatic rings. The van der Waals surface area contributed by atoms with Crippen LogP contribution in [0.1, 0.15) is 20.3 Å². The average molecular weight is 227 g/mol. The first kappa shape index (κ1) is 13.8. The van der Waals surface area contributed by atoms with Gasteiger partial charge in [-0.25, -0.2) is 4.90 Å². The van der Waals surface area contributed by atoms with Crippen LogP contribution in [-0.2, 0) is 10.1 Å². The van der Waals surface area contributed by atoms with Crippen LogP contribution in [-0.4, -0.2) is 46.9 Å². The predicted molar refractivity (Wildman–Crippen MR) is 50.8 cm³/mol. The highest BCUT2D eigenvalue weighted by Crippen LogP contribution is 2.07. The summed E-state index contributed by atoms with van der Waals surface area (Å²) in [5, 5.41) is 17.8. The molecule has 0 rings (SSSR count). The Balaban J connectivity index is 4.27. The van der Waals surface area contributed by atoms with E-state index in [1.165, 1.54) is 0 Å². The molecule has 0 amide bonds. The maximum Gasteiger partial charge on any atom is 0.306 e. The summed E-state index contributed by atoms with van der Waals surface area (Å²) in [7, 11) is -4.54. The lowest BCUT2D eigenvalue weighted by atomic mass is 10.1. The van der Waals surface area contributed by atoms with Gasteiger partial charge in [-0.05, 0) is 12.3 Å². The van der Waals surface area contributed by atoms with Crippen molar-refractivity contribution in [3.8, 4) is 0 Å². The van der Waals surface area contributed by atoms with E-state index in [9.17, 15) is 8.42 Å². The lowest BCUT2D eigenvalue weighted by Crippen LogP contribution is -2.42. The Morgan fingerprint density at radius 3 is 2.14 bits per heavy atom. The van der Waals surface area contributed by atoms with E-state index in [1.807, 2.05) is 13.8 Å². The van der Waals surface area contributed by atoms with Gasteiger partial charge in [-0.3, -0.25) is 4.55 Å². The highest BCUT2D eigenvalue weighted by atomic mass is 32.2. The van der Waals surface area contributed by atoms with E-state index in [2.05, 4.69) is 0 Å². The highest BCUT2D eigenvalue weighted by Gasteiger charge is 2.26. The number of hydrogen-bond acceptors (Lipinski definition) is 5. The lowest BCUT2D eigenvalue weighted by Gasteiger charge is -2.23. The Labute approximate surface area is 83.9 Å². The van der Waals surface area contributed by atoms with Gasteiger partial charge >= 0.3 is 10.1 Å². The summed E-state index contributed by atoms with van der Waals surface area (Å²) in [5.41, 5.74) is -2.05. The summed E-state index contributed by atoms with van der Waals surface area (Å²) in [4.78, 5) is 0.870. The van der Waals surface area contributed by atoms with Gasteiger partial charge in [-0.1, -0.05) is 13.8 Å². The second-order valence-electron chi connectivity index (χ2n) is 3.48. The molecule has 0 heterocycles. The van der Waals surface area contributed by atoms with Gasteiger partial charge in [0, 0.05) is 6.54 Å². The molecule has 0 aliphatic rings. The minimum absolute atomic E-state index is 0.203. The van der Waals surface area contributed by atoms with E-state index in [0.29, 0.717) is 12.3 Å². The molecule has 0 fully saturated rings. The van der Waals surface area contributed by atoms with Crippen molar-refractivity contribution in [1.29, 1.82) is 0 Å². The number of rotatable bonds is 6. The molecule has 0 aliphatic heterocycles. The van der Waals surface area contributed by atoms with Gasteiger partial charge in [-0.2, -0.15) is 8.42 Å². The first-order valence-corrected chi connectivity index (χ1v) is 5.78. The molecule has 14 heavy (non-hydrogen) atoms. The third-order valence-electron chi connectivity index (χ3n) is 1.75. The largest absolute Gasteiger partial charge is 0.381 e. The van der Waals surface area contributed by atoms with E-state index in [0.717, 1.165) is 4.90 Å². The van der Waals surface area contributed by atoms with Gasteiger partial charge in [0.25, 0.3) is 0 Å². The monoisotopic (exact) mass is 227 g/mol. The number of aliphatic hydroxyl groups excluding tert-OH is 2. The van der Waals surface area contributed by atoms with Crippen LogP contribution in [0.25, 0.3) is 0 Å². The fourth-order valence-electron chi connectivity index (χ4n) is 0.863. The summed E-state index contributed by atoms with van der Waals surface area (Å²) >= 11 is 0. The molecule has 7 heteroatoms. The van der Waals surface area contributed by atoms with Gasteiger partial charge in [-0.15, -0.1) is 0 Å². The van der Waals surface area contributed by atoms with Gasteiger partial charge in [0.2, 0.25) is 5.56 Å². The van der Waals surface area contributed by atoms with Crippen LogP contribution >= 0.6 is 0 Å². The Morgan fingerprint density at radius 1 is 1.36 bits per heavy atom. The van der Waals surface area contributed by atoms with Crippen molar-refractivity contribution in [3.63, 3.8) is 0 Å². The molecular formula is C7H17NO5S. The van der Waals surface area contributed by atoms with E-state index in [-0.39, 0.29) is 6.54 Å². The van der Waals surface area contributed by atoms with Crippen LogP contribution in [0.3, 0.4) is 0 Å². The molecule has 0 radical (unpaired) electrons. The molecule has 0 aromatic carbocycles. The van der Waals surface area contributed by atoms with Crippen molar-refractivity contribution < 1.29 is 23.2 Å². The van der Waals surface area contributed by atoms with Gasteiger partial charge in [0.1, 0.15) is 0 Å². The van der Waals surface area contributed by atoms with E-state index in [4.69, 9.17) is 14.8 Å². The first-order chi connectivity index (χ1) is 6.29. The Hall–Kier alpha value is -0.210. The van der Waals surface area contributed by atoms with E-state index in [1.54, 1.807) is 0 Å². The smallest absolute Gasteiger partial charge is 0.306 e. The van der Waals surface area contributed by atoms with Crippen LogP contribution in [0.2, 0.25) is 0 Å². The number of hydrogen-bond donors (Lipinski definition) is 3. The highest BCUT2D eigenvalue weighted by molar-refractivity contribution is 7.86. The third kappa shape index (κ3) is 4.87.